The van der Waals surface area contributed by atoms with Crippen molar-refractivity contribution in [1.29, 1.82) is 0 Å². The second-order valence-corrected chi connectivity index (χ2v) is 10.6. The van der Waals surface area contributed by atoms with Gasteiger partial charge in [0.2, 0.25) is 11.8 Å². The predicted molar refractivity (Wildman–Crippen MR) is 159 cm³/mol. The fourth-order valence-electron chi connectivity index (χ4n) is 5.23. The van der Waals surface area contributed by atoms with Gasteiger partial charge in [-0.05, 0) is 78.9 Å². The molecular formula is C32H38ClN3O4. The summed E-state index contributed by atoms with van der Waals surface area (Å²) in [4.78, 5) is 29.6. The lowest BCUT2D eigenvalue weighted by atomic mass is 9.86. The Labute approximate surface area is 241 Å². The first-order valence-electron chi connectivity index (χ1n) is 13.7. The average molecular weight is 564 g/mol. The number of benzene rings is 3. The number of hydrogen-bond acceptors (Lipinski definition) is 5. The van der Waals surface area contributed by atoms with E-state index in [0.717, 1.165) is 34.4 Å². The second kappa shape index (κ2) is 12.7. The van der Waals surface area contributed by atoms with Crippen molar-refractivity contribution >= 4 is 29.1 Å². The molecule has 0 aromatic heterocycles. The minimum Gasteiger partial charge on any atom is -0.493 e. The maximum Gasteiger partial charge on any atom is 0.232 e. The van der Waals surface area contributed by atoms with E-state index in [1.54, 1.807) is 18.9 Å². The maximum atomic E-state index is 13.8. The maximum absolute atomic E-state index is 13.8. The van der Waals surface area contributed by atoms with Crippen LogP contribution in [0.4, 0.5) is 5.69 Å². The van der Waals surface area contributed by atoms with E-state index in [4.69, 9.17) is 26.8 Å². The first-order valence-corrected chi connectivity index (χ1v) is 14.1. The molecule has 1 aliphatic rings. The van der Waals surface area contributed by atoms with Crippen LogP contribution in [-0.2, 0) is 16.0 Å². The number of carbonyl (C=O) groups excluding carboxylic acids is 2. The van der Waals surface area contributed by atoms with Crippen LogP contribution in [0.2, 0.25) is 5.02 Å². The van der Waals surface area contributed by atoms with Crippen molar-refractivity contribution in [2.45, 2.75) is 58.7 Å². The van der Waals surface area contributed by atoms with E-state index in [0.29, 0.717) is 29.6 Å². The lowest BCUT2D eigenvalue weighted by Gasteiger charge is -2.38. The topological polar surface area (TPSA) is 85.1 Å². The number of anilines is 1. The number of halogens is 1. The molecule has 0 bridgehead atoms. The number of amides is 2. The van der Waals surface area contributed by atoms with Gasteiger partial charge in [0, 0.05) is 30.7 Å². The molecule has 0 spiro atoms. The lowest BCUT2D eigenvalue weighted by molar-refractivity contribution is -0.130. The highest BCUT2D eigenvalue weighted by atomic mass is 35.5. The van der Waals surface area contributed by atoms with E-state index < -0.39 is 6.04 Å². The average Bonchev–Trinajstić information content (AvgIpc) is 2.95. The van der Waals surface area contributed by atoms with E-state index >= 15 is 0 Å². The first-order chi connectivity index (χ1) is 19.2. The van der Waals surface area contributed by atoms with Gasteiger partial charge >= 0.3 is 0 Å². The molecule has 3 unspecified atom stereocenters. The van der Waals surface area contributed by atoms with Gasteiger partial charge in [0.15, 0.2) is 11.5 Å². The number of ether oxygens (including phenoxy) is 2. The summed E-state index contributed by atoms with van der Waals surface area (Å²) in [6.45, 7) is 8.49. The van der Waals surface area contributed by atoms with Gasteiger partial charge in [-0.25, -0.2) is 0 Å². The van der Waals surface area contributed by atoms with Crippen LogP contribution in [0, 0.1) is 0 Å². The van der Waals surface area contributed by atoms with Crippen LogP contribution < -0.4 is 20.1 Å². The van der Waals surface area contributed by atoms with E-state index in [1.807, 2.05) is 79.4 Å². The van der Waals surface area contributed by atoms with Crippen molar-refractivity contribution in [1.82, 2.24) is 4.90 Å². The minimum atomic E-state index is -0.395. The van der Waals surface area contributed by atoms with Crippen LogP contribution in [-0.4, -0.2) is 43.0 Å². The number of rotatable bonds is 10. The van der Waals surface area contributed by atoms with Gasteiger partial charge in [0.1, 0.15) is 0 Å². The van der Waals surface area contributed by atoms with Crippen molar-refractivity contribution in [3.8, 4) is 11.5 Å². The van der Waals surface area contributed by atoms with Crippen LogP contribution in [0.5, 0.6) is 11.5 Å². The Morgan fingerprint density at radius 3 is 2.35 bits per heavy atom. The summed E-state index contributed by atoms with van der Waals surface area (Å²) in [5.74, 6) is 1.20. The molecule has 7 nitrogen and oxygen atoms in total. The van der Waals surface area contributed by atoms with Gasteiger partial charge in [0.25, 0.3) is 0 Å². The molecule has 0 saturated carbocycles. The Balaban J connectivity index is 1.80. The molecule has 3 aromatic rings. The second-order valence-electron chi connectivity index (χ2n) is 10.2. The van der Waals surface area contributed by atoms with Gasteiger partial charge in [-0.2, -0.15) is 0 Å². The Bertz CT molecular complexity index is 1340. The molecule has 4 rings (SSSR count). The summed E-state index contributed by atoms with van der Waals surface area (Å²) in [6, 6.07) is 18.8. The van der Waals surface area contributed by atoms with Crippen LogP contribution >= 0.6 is 11.6 Å². The third-order valence-corrected chi connectivity index (χ3v) is 7.83. The number of methoxy groups -OCH3 is 1. The molecule has 8 heteroatoms. The third kappa shape index (κ3) is 6.11. The summed E-state index contributed by atoms with van der Waals surface area (Å²) in [6.07, 6.45) is 1.08. The molecule has 0 saturated heterocycles. The number of hydrogen-bond donors (Lipinski definition) is 1. The number of carbonyl (C=O) groups is 2. The number of nitrogens with two attached hydrogens (primary N) is 1. The number of fused-ring (bicyclic) bond motifs is 1. The van der Waals surface area contributed by atoms with Crippen molar-refractivity contribution in [3.63, 3.8) is 0 Å². The van der Waals surface area contributed by atoms with Gasteiger partial charge < -0.3 is 25.0 Å². The Kier molecular flexibility index (Phi) is 9.38. The fourth-order valence-corrected chi connectivity index (χ4v) is 5.36. The Hall–Kier alpha value is -3.55. The van der Waals surface area contributed by atoms with E-state index in [-0.39, 0.29) is 30.4 Å². The smallest absolute Gasteiger partial charge is 0.232 e. The highest BCUT2D eigenvalue weighted by Crippen LogP contribution is 2.44. The van der Waals surface area contributed by atoms with Gasteiger partial charge in [-0.15, -0.1) is 0 Å². The molecule has 3 aromatic carbocycles. The molecule has 2 N–H and O–H groups in total. The van der Waals surface area contributed by atoms with Gasteiger partial charge in [-0.1, -0.05) is 42.8 Å². The molecule has 1 heterocycles. The van der Waals surface area contributed by atoms with E-state index in [1.165, 1.54) is 0 Å². The molecule has 40 heavy (non-hydrogen) atoms. The van der Waals surface area contributed by atoms with Crippen molar-refractivity contribution < 1.29 is 19.1 Å². The Morgan fingerprint density at radius 1 is 1.10 bits per heavy atom. The van der Waals surface area contributed by atoms with Crippen LogP contribution in [0.1, 0.15) is 68.5 Å². The molecule has 0 aliphatic carbocycles. The van der Waals surface area contributed by atoms with E-state index in [2.05, 4.69) is 6.92 Å². The lowest BCUT2D eigenvalue weighted by Crippen LogP contribution is -2.41. The minimum absolute atomic E-state index is 0.00521. The third-order valence-electron chi connectivity index (χ3n) is 7.57. The molecule has 212 valence electrons. The van der Waals surface area contributed by atoms with Crippen LogP contribution in [0.25, 0.3) is 0 Å². The molecule has 0 fully saturated rings. The van der Waals surface area contributed by atoms with Crippen molar-refractivity contribution in [2.75, 3.05) is 25.1 Å². The molecule has 0 radical (unpaired) electrons. The summed E-state index contributed by atoms with van der Waals surface area (Å²) in [5, 5.41) is 0.624. The predicted octanol–water partition coefficient (Wildman–Crippen LogP) is 6.07. The van der Waals surface area contributed by atoms with Crippen LogP contribution in [0.3, 0.4) is 0 Å². The van der Waals surface area contributed by atoms with E-state index in [9.17, 15) is 9.59 Å². The largest absolute Gasteiger partial charge is 0.493 e. The molecule has 1 aliphatic heterocycles. The highest BCUT2D eigenvalue weighted by molar-refractivity contribution is 6.30. The van der Waals surface area contributed by atoms with Gasteiger partial charge in [0.05, 0.1) is 31.7 Å². The van der Waals surface area contributed by atoms with Crippen molar-refractivity contribution in [2.24, 2.45) is 5.73 Å². The first kappa shape index (κ1) is 29.4. The summed E-state index contributed by atoms with van der Waals surface area (Å²) in [5.41, 5.74) is 10.3. The summed E-state index contributed by atoms with van der Waals surface area (Å²) in [7, 11) is 1.61. The zero-order chi connectivity index (χ0) is 29.0. The zero-order valence-corrected chi connectivity index (χ0v) is 24.6. The quantitative estimate of drug-likeness (QED) is 0.323. The van der Waals surface area contributed by atoms with Gasteiger partial charge in [-0.3, -0.25) is 9.59 Å². The molecule has 2 amide bonds. The summed E-state index contributed by atoms with van der Waals surface area (Å²) >= 11 is 6.24. The SMILES string of the molecule is CCC(C)Oc1cc2c(cc1OC)CC(=O)N(c1ccc(C(C)N(CCN)C(C)=O)cc1)C2c1ccc(Cl)cc1. The fraction of sp³-hybridized carbons (Fsp3) is 0.375. The molecular weight excluding hydrogens is 526 g/mol. The Morgan fingerprint density at radius 2 is 1.77 bits per heavy atom. The van der Waals surface area contributed by atoms with Crippen molar-refractivity contribution in [3.05, 3.63) is 87.9 Å². The normalized spacial score (nSPS) is 16.2. The monoisotopic (exact) mass is 563 g/mol. The highest BCUT2D eigenvalue weighted by Gasteiger charge is 2.36. The zero-order valence-electron chi connectivity index (χ0n) is 23.8. The standard InChI is InChI=1S/C32H38ClN3O4/c1-6-20(2)40-30-19-28-25(17-29(30)39-5)18-31(38)36(32(28)24-7-11-26(33)12-8-24)27-13-9-23(10-14-27)21(3)35(16-15-34)22(4)37/h7-14,17,19-21,32H,6,15-16,18,34H2,1-5H3. The summed E-state index contributed by atoms with van der Waals surface area (Å²) < 4.78 is 11.9. The van der Waals surface area contributed by atoms with Crippen LogP contribution in [0.15, 0.2) is 60.7 Å². The number of nitrogens with zero attached hydrogens (tertiary/aromatic N) is 2. The molecule has 3 atom stereocenters.